The van der Waals surface area contributed by atoms with Crippen molar-refractivity contribution in [1.82, 2.24) is 14.7 Å². The van der Waals surface area contributed by atoms with Crippen molar-refractivity contribution >= 4 is 35.2 Å². The van der Waals surface area contributed by atoms with Gasteiger partial charge in [-0.2, -0.15) is 0 Å². The van der Waals surface area contributed by atoms with Crippen LogP contribution in [0.2, 0.25) is 10.0 Å². The molecular weight excluding hydrogens is 481 g/mol. The average Bonchev–Trinajstić information content (AvgIpc) is 3.62. The van der Waals surface area contributed by atoms with Gasteiger partial charge in [-0.05, 0) is 49.7 Å². The van der Waals surface area contributed by atoms with Crippen LogP contribution in [0.15, 0.2) is 18.2 Å². The Bertz CT molecular complexity index is 897. The molecule has 1 aromatic rings. The number of carbonyl (C=O) groups is 2. The van der Waals surface area contributed by atoms with Gasteiger partial charge in [0.1, 0.15) is 12.0 Å². The van der Waals surface area contributed by atoms with E-state index in [1.807, 2.05) is 4.90 Å². The fourth-order valence-electron chi connectivity index (χ4n) is 4.94. The number of benzene rings is 1. The van der Waals surface area contributed by atoms with Crippen LogP contribution in [-0.2, 0) is 9.53 Å². The molecule has 2 aliphatic heterocycles. The number of aliphatic hydroxyl groups excluding tert-OH is 1. The third kappa shape index (κ3) is 5.97. The zero-order chi connectivity index (χ0) is 24.3. The fraction of sp³-hybridized carbons (Fsp3) is 0.667. The van der Waals surface area contributed by atoms with E-state index >= 15 is 0 Å². The van der Waals surface area contributed by atoms with Crippen LogP contribution in [0.5, 0.6) is 5.75 Å². The Kier molecular flexibility index (Phi) is 8.25. The lowest BCUT2D eigenvalue weighted by Gasteiger charge is -2.40. The maximum Gasteiger partial charge on any atom is 0.415 e. The SMILES string of the molecule is COC(CCCN1CCN(C(=O)Oc2ccc(Cl)c(Cl)c2)CCC1=O)N1CCC2(CC2)[C@H](O)C1. The molecule has 4 rings (SSSR count). The third-order valence-electron chi connectivity index (χ3n) is 7.40. The maximum atomic E-state index is 12.6. The minimum absolute atomic E-state index is 0.0304. The number of rotatable bonds is 7. The van der Waals surface area contributed by atoms with Crippen molar-refractivity contribution in [2.75, 3.05) is 46.4 Å². The highest BCUT2D eigenvalue weighted by molar-refractivity contribution is 6.42. The van der Waals surface area contributed by atoms with Crippen LogP contribution in [0.3, 0.4) is 0 Å². The van der Waals surface area contributed by atoms with E-state index in [0.717, 1.165) is 38.6 Å². The zero-order valence-electron chi connectivity index (χ0n) is 19.5. The average molecular weight is 514 g/mol. The molecule has 0 aromatic heterocycles. The largest absolute Gasteiger partial charge is 0.415 e. The number of methoxy groups -OCH3 is 1. The van der Waals surface area contributed by atoms with Gasteiger partial charge in [-0.25, -0.2) is 4.79 Å². The highest BCUT2D eigenvalue weighted by Crippen LogP contribution is 2.53. The number of ether oxygens (including phenoxy) is 2. The van der Waals surface area contributed by atoms with Gasteiger partial charge in [0, 0.05) is 58.9 Å². The molecule has 3 fully saturated rings. The van der Waals surface area contributed by atoms with E-state index in [1.165, 1.54) is 6.07 Å². The number of halogens is 2. The molecule has 1 unspecified atom stereocenters. The number of hydrogen-bond acceptors (Lipinski definition) is 6. The molecule has 1 saturated carbocycles. The van der Waals surface area contributed by atoms with Gasteiger partial charge in [-0.1, -0.05) is 23.2 Å². The Balaban J connectivity index is 1.23. The summed E-state index contributed by atoms with van der Waals surface area (Å²) in [4.78, 5) is 30.8. The van der Waals surface area contributed by atoms with Gasteiger partial charge in [0.15, 0.2) is 0 Å². The number of piperidine rings is 1. The molecule has 3 aliphatic rings. The minimum Gasteiger partial charge on any atom is -0.410 e. The predicted octanol–water partition coefficient (Wildman–Crippen LogP) is 3.63. The lowest BCUT2D eigenvalue weighted by Crippen LogP contribution is -2.50. The van der Waals surface area contributed by atoms with Gasteiger partial charge in [0.25, 0.3) is 0 Å². The van der Waals surface area contributed by atoms with Crippen LogP contribution in [0.25, 0.3) is 0 Å². The first-order valence-electron chi connectivity index (χ1n) is 12.0. The number of amides is 2. The van der Waals surface area contributed by atoms with Crippen LogP contribution >= 0.6 is 23.2 Å². The summed E-state index contributed by atoms with van der Waals surface area (Å²) >= 11 is 11.9. The van der Waals surface area contributed by atoms with E-state index in [1.54, 1.807) is 24.1 Å². The second-order valence-electron chi connectivity index (χ2n) is 9.52. The Morgan fingerprint density at radius 1 is 1.18 bits per heavy atom. The van der Waals surface area contributed by atoms with Crippen LogP contribution < -0.4 is 4.74 Å². The molecule has 8 nitrogen and oxygen atoms in total. The van der Waals surface area contributed by atoms with E-state index in [-0.39, 0.29) is 30.1 Å². The molecule has 0 bridgehead atoms. The lowest BCUT2D eigenvalue weighted by atomic mass is 9.90. The van der Waals surface area contributed by atoms with Gasteiger partial charge >= 0.3 is 6.09 Å². The Morgan fingerprint density at radius 3 is 2.65 bits per heavy atom. The minimum atomic E-state index is -0.510. The summed E-state index contributed by atoms with van der Waals surface area (Å²) in [6.45, 7) is 3.36. The Labute approximate surface area is 210 Å². The van der Waals surface area contributed by atoms with Gasteiger partial charge < -0.3 is 24.4 Å². The second kappa shape index (κ2) is 11.0. The van der Waals surface area contributed by atoms with Crippen LogP contribution in [0.4, 0.5) is 4.79 Å². The number of nitrogens with zero attached hydrogens (tertiary/aromatic N) is 3. The summed E-state index contributed by atoms with van der Waals surface area (Å²) in [5, 5.41) is 11.2. The first kappa shape index (κ1) is 25.5. The van der Waals surface area contributed by atoms with E-state index in [2.05, 4.69) is 4.90 Å². The number of hydrogen-bond donors (Lipinski definition) is 1. The highest BCUT2D eigenvalue weighted by atomic mass is 35.5. The molecule has 2 saturated heterocycles. The molecule has 0 radical (unpaired) electrons. The highest BCUT2D eigenvalue weighted by Gasteiger charge is 2.51. The standard InChI is InChI=1S/C24H33Cl2N3O5/c1-33-22(29-12-9-24(7-8-24)20(30)16-29)3-2-10-27-13-14-28(11-6-21(27)31)23(32)34-17-4-5-18(25)19(26)15-17/h4-5,15,20,22,30H,2-3,6-14,16H2,1H3/t20-,22?/m1/s1. The summed E-state index contributed by atoms with van der Waals surface area (Å²) < 4.78 is 11.1. The summed E-state index contributed by atoms with van der Waals surface area (Å²) in [7, 11) is 1.70. The van der Waals surface area contributed by atoms with Gasteiger partial charge in [0.2, 0.25) is 5.91 Å². The molecule has 1 aliphatic carbocycles. The Hall–Kier alpha value is -1.58. The summed E-state index contributed by atoms with van der Waals surface area (Å²) in [6, 6.07) is 4.65. The lowest BCUT2D eigenvalue weighted by molar-refractivity contribution is -0.130. The molecule has 1 aromatic carbocycles. The number of likely N-dealkylation sites (tertiary alicyclic amines) is 1. The van der Waals surface area contributed by atoms with E-state index in [4.69, 9.17) is 32.7 Å². The van der Waals surface area contributed by atoms with Crippen molar-refractivity contribution in [3.05, 3.63) is 28.2 Å². The monoisotopic (exact) mass is 513 g/mol. The number of aliphatic hydroxyl groups is 1. The normalized spacial score (nSPS) is 23.6. The van der Waals surface area contributed by atoms with Crippen molar-refractivity contribution in [3.8, 4) is 5.75 Å². The summed E-state index contributed by atoms with van der Waals surface area (Å²) in [5.74, 6) is 0.343. The van der Waals surface area contributed by atoms with Gasteiger partial charge in [-0.15, -0.1) is 0 Å². The fourth-order valence-corrected chi connectivity index (χ4v) is 5.23. The zero-order valence-corrected chi connectivity index (χ0v) is 21.1. The summed E-state index contributed by atoms with van der Waals surface area (Å²) in [5.41, 5.74) is 0.167. The Morgan fingerprint density at radius 2 is 1.97 bits per heavy atom. The molecule has 1 N–H and O–H groups in total. The molecule has 2 amide bonds. The van der Waals surface area contributed by atoms with Crippen molar-refractivity contribution in [2.24, 2.45) is 5.41 Å². The predicted molar refractivity (Wildman–Crippen MR) is 129 cm³/mol. The first-order chi connectivity index (χ1) is 16.3. The van der Waals surface area contributed by atoms with E-state index < -0.39 is 6.09 Å². The molecule has 34 heavy (non-hydrogen) atoms. The van der Waals surface area contributed by atoms with Crippen LogP contribution in [0, 0.1) is 5.41 Å². The van der Waals surface area contributed by atoms with Crippen molar-refractivity contribution in [3.63, 3.8) is 0 Å². The molecule has 10 heteroatoms. The molecule has 2 atom stereocenters. The number of β-amino-alcohol motifs (C(OH)–C–C–N with tert-alkyl or cyclic N) is 1. The van der Waals surface area contributed by atoms with E-state index in [0.29, 0.717) is 48.5 Å². The molecule has 1 spiro atoms. The van der Waals surface area contributed by atoms with Gasteiger partial charge in [0.05, 0.1) is 16.1 Å². The smallest absolute Gasteiger partial charge is 0.410 e. The summed E-state index contributed by atoms with van der Waals surface area (Å²) in [6.07, 6.45) is 4.26. The maximum absolute atomic E-state index is 12.6. The number of carbonyl (C=O) groups excluding carboxylic acids is 2. The van der Waals surface area contributed by atoms with Gasteiger partial charge in [-0.3, -0.25) is 9.69 Å². The molecular formula is C24H33Cl2N3O5. The van der Waals surface area contributed by atoms with Crippen LogP contribution in [-0.4, -0.2) is 90.5 Å². The van der Waals surface area contributed by atoms with E-state index in [9.17, 15) is 14.7 Å². The van der Waals surface area contributed by atoms with Crippen molar-refractivity contribution in [2.45, 2.75) is 50.9 Å². The second-order valence-corrected chi connectivity index (χ2v) is 10.3. The quantitative estimate of drug-likeness (QED) is 0.599. The molecule has 188 valence electrons. The van der Waals surface area contributed by atoms with Crippen molar-refractivity contribution in [1.29, 1.82) is 0 Å². The topological polar surface area (TPSA) is 82.6 Å². The first-order valence-corrected chi connectivity index (χ1v) is 12.7. The molecule has 2 heterocycles. The van der Waals surface area contributed by atoms with Crippen molar-refractivity contribution < 1.29 is 24.2 Å². The van der Waals surface area contributed by atoms with Crippen LogP contribution in [0.1, 0.15) is 38.5 Å². The third-order valence-corrected chi connectivity index (χ3v) is 8.14.